The van der Waals surface area contributed by atoms with Crippen LogP contribution in [0, 0.1) is 27.7 Å². The average molecular weight is 441 g/mol. The Bertz CT molecular complexity index is 822. The number of rotatable bonds is 13. The molecule has 0 spiro atoms. The summed E-state index contributed by atoms with van der Waals surface area (Å²) < 4.78 is 11.2. The average Bonchev–Trinajstić information content (AvgIpc) is 2.76. The van der Waals surface area contributed by atoms with Gasteiger partial charge in [-0.2, -0.15) is 0 Å². The summed E-state index contributed by atoms with van der Waals surface area (Å²) in [7, 11) is 0. The third-order valence-electron chi connectivity index (χ3n) is 5.15. The van der Waals surface area contributed by atoms with E-state index in [2.05, 4.69) is 10.6 Å². The molecule has 0 aromatic heterocycles. The van der Waals surface area contributed by atoms with E-state index >= 15 is 0 Å². The maximum Gasteiger partial charge on any atom is 0.257 e. The van der Waals surface area contributed by atoms with E-state index in [1.165, 1.54) is 0 Å². The van der Waals surface area contributed by atoms with Crippen LogP contribution in [0.15, 0.2) is 36.4 Å². The molecular weight excluding hydrogens is 404 g/mol. The number of hydrogen-bond acceptors (Lipinski definition) is 4. The Kier molecular flexibility index (Phi) is 10.6. The van der Waals surface area contributed by atoms with E-state index in [0.29, 0.717) is 13.1 Å². The molecule has 0 aliphatic heterocycles. The molecule has 6 nitrogen and oxygen atoms in total. The SMILES string of the molecule is Cc1ccc(C)c(OCC(=O)NCCCCCCNC(=O)COc2cc(C)ccc2C)c1. The summed E-state index contributed by atoms with van der Waals surface area (Å²) in [6.45, 7) is 9.24. The lowest BCUT2D eigenvalue weighted by Gasteiger charge is -2.11. The summed E-state index contributed by atoms with van der Waals surface area (Å²) in [5.41, 5.74) is 4.26. The van der Waals surface area contributed by atoms with Crippen molar-refractivity contribution in [2.24, 2.45) is 0 Å². The second-order valence-electron chi connectivity index (χ2n) is 8.23. The predicted molar refractivity (Wildman–Crippen MR) is 127 cm³/mol. The van der Waals surface area contributed by atoms with Crippen molar-refractivity contribution in [1.29, 1.82) is 0 Å². The van der Waals surface area contributed by atoms with Crippen molar-refractivity contribution in [3.05, 3.63) is 58.7 Å². The fourth-order valence-electron chi connectivity index (χ4n) is 3.17. The van der Waals surface area contributed by atoms with E-state index in [1.54, 1.807) is 0 Å². The molecule has 2 rings (SSSR count). The van der Waals surface area contributed by atoms with Crippen molar-refractivity contribution in [2.45, 2.75) is 53.4 Å². The van der Waals surface area contributed by atoms with Crippen molar-refractivity contribution >= 4 is 11.8 Å². The molecule has 6 heteroatoms. The maximum absolute atomic E-state index is 11.9. The van der Waals surface area contributed by atoms with Gasteiger partial charge in [0.15, 0.2) is 13.2 Å². The Labute approximate surface area is 191 Å². The number of aryl methyl sites for hydroxylation is 4. The lowest BCUT2D eigenvalue weighted by atomic mass is 10.1. The number of carbonyl (C=O) groups is 2. The highest BCUT2D eigenvalue weighted by Gasteiger charge is 2.06. The second-order valence-corrected chi connectivity index (χ2v) is 8.23. The van der Waals surface area contributed by atoms with Crippen LogP contribution < -0.4 is 20.1 Å². The Hall–Kier alpha value is -3.02. The van der Waals surface area contributed by atoms with Crippen LogP contribution >= 0.6 is 0 Å². The van der Waals surface area contributed by atoms with E-state index in [0.717, 1.165) is 59.4 Å². The standard InChI is InChI=1S/C26H36N2O4/c1-19-9-11-21(3)23(15-19)31-17-25(29)27-13-7-5-6-8-14-28-26(30)18-32-24-16-20(2)10-12-22(24)4/h9-12,15-16H,5-8,13-14,17-18H2,1-4H3,(H,27,29)(H,28,30). The minimum absolute atomic E-state index is 0.0282. The Balaban J connectivity index is 1.47. The highest BCUT2D eigenvalue weighted by atomic mass is 16.5. The molecule has 2 aromatic carbocycles. The molecule has 0 aliphatic carbocycles. The van der Waals surface area contributed by atoms with Gasteiger partial charge in [-0.05, 0) is 74.9 Å². The van der Waals surface area contributed by atoms with Crippen molar-refractivity contribution in [1.82, 2.24) is 10.6 Å². The second kappa shape index (κ2) is 13.4. The number of nitrogens with one attached hydrogen (secondary N) is 2. The largest absolute Gasteiger partial charge is 0.483 e. The summed E-state index contributed by atoms with van der Waals surface area (Å²) in [5.74, 6) is 1.28. The van der Waals surface area contributed by atoms with Crippen molar-refractivity contribution in [2.75, 3.05) is 26.3 Å². The van der Waals surface area contributed by atoms with E-state index in [1.807, 2.05) is 64.1 Å². The van der Waals surface area contributed by atoms with Crippen molar-refractivity contribution in [3.63, 3.8) is 0 Å². The smallest absolute Gasteiger partial charge is 0.257 e. The highest BCUT2D eigenvalue weighted by Crippen LogP contribution is 2.19. The Morgan fingerprint density at radius 2 is 1.06 bits per heavy atom. The van der Waals surface area contributed by atoms with Crippen LogP contribution in [0.1, 0.15) is 47.9 Å². The number of carbonyl (C=O) groups excluding carboxylic acids is 2. The normalized spacial score (nSPS) is 10.5. The molecule has 0 bridgehead atoms. The van der Waals surface area contributed by atoms with Crippen LogP contribution in [0.3, 0.4) is 0 Å². The Morgan fingerprint density at radius 3 is 1.47 bits per heavy atom. The lowest BCUT2D eigenvalue weighted by molar-refractivity contribution is -0.123. The lowest BCUT2D eigenvalue weighted by Crippen LogP contribution is -2.30. The van der Waals surface area contributed by atoms with Crippen LogP contribution in [-0.2, 0) is 9.59 Å². The van der Waals surface area contributed by atoms with Gasteiger partial charge in [0.25, 0.3) is 11.8 Å². The third kappa shape index (κ3) is 9.41. The van der Waals surface area contributed by atoms with Gasteiger partial charge in [0.1, 0.15) is 11.5 Å². The van der Waals surface area contributed by atoms with Crippen LogP contribution in [-0.4, -0.2) is 38.1 Å². The first-order chi connectivity index (χ1) is 15.3. The third-order valence-corrected chi connectivity index (χ3v) is 5.15. The van der Waals surface area contributed by atoms with Gasteiger partial charge in [0, 0.05) is 13.1 Å². The molecular formula is C26H36N2O4. The van der Waals surface area contributed by atoms with Gasteiger partial charge >= 0.3 is 0 Å². The monoisotopic (exact) mass is 440 g/mol. The van der Waals surface area contributed by atoms with E-state index in [9.17, 15) is 9.59 Å². The maximum atomic E-state index is 11.9. The van der Waals surface area contributed by atoms with Gasteiger partial charge < -0.3 is 20.1 Å². The summed E-state index contributed by atoms with van der Waals surface area (Å²) in [6.07, 6.45) is 3.79. The first kappa shape index (κ1) is 25.2. The molecule has 174 valence electrons. The molecule has 0 aliphatic rings. The van der Waals surface area contributed by atoms with E-state index in [4.69, 9.17) is 9.47 Å². The molecule has 32 heavy (non-hydrogen) atoms. The predicted octanol–water partition coefficient (Wildman–Crippen LogP) is 4.17. The Morgan fingerprint density at radius 1 is 0.656 bits per heavy atom. The first-order valence-corrected chi connectivity index (χ1v) is 11.3. The molecule has 0 saturated heterocycles. The van der Waals surface area contributed by atoms with E-state index in [-0.39, 0.29) is 25.0 Å². The van der Waals surface area contributed by atoms with Crippen molar-refractivity contribution < 1.29 is 19.1 Å². The van der Waals surface area contributed by atoms with Gasteiger partial charge in [0.2, 0.25) is 0 Å². The molecule has 2 N–H and O–H groups in total. The number of benzene rings is 2. The first-order valence-electron chi connectivity index (χ1n) is 11.3. The zero-order chi connectivity index (χ0) is 23.3. The van der Waals surface area contributed by atoms with Gasteiger partial charge in [-0.25, -0.2) is 0 Å². The minimum Gasteiger partial charge on any atom is -0.483 e. The van der Waals surface area contributed by atoms with Crippen molar-refractivity contribution in [3.8, 4) is 11.5 Å². The fourth-order valence-corrected chi connectivity index (χ4v) is 3.17. The fraction of sp³-hybridized carbons (Fsp3) is 0.462. The zero-order valence-corrected chi connectivity index (χ0v) is 19.8. The van der Waals surface area contributed by atoms with Gasteiger partial charge in [-0.15, -0.1) is 0 Å². The quantitative estimate of drug-likeness (QED) is 0.458. The molecule has 0 radical (unpaired) electrons. The number of amides is 2. The van der Waals surface area contributed by atoms with Crippen LogP contribution in [0.25, 0.3) is 0 Å². The van der Waals surface area contributed by atoms with Crippen LogP contribution in [0.2, 0.25) is 0 Å². The molecule has 0 unspecified atom stereocenters. The number of unbranched alkanes of at least 4 members (excludes halogenated alkanes) is 3. The number of ether oxygens (including phenoxy) is 2. The minimum atomic E-state index is -0.109. The van der Waals surface area contributed by atoms with Crippen LogP contribution in [0.5, 0.6) is 11.5 Å². The zero-order valence-electron chi connectivity index (χ0n) is 19.8. The molecule has 0 saturated carbocycles. The van der Waals surface area contributed by atoms with Crippen LogP contribution in [0.4, 0.5) is 0 Å². The summed E-state index contributed by atoms with van der Waals surface area (Å²) in [6, 6.07) is 11.9. The molecule has 0 fully saturated rings. The molecule has 2 amide bonds. The highest BCUT2D eigenvalue weighted by molar-refractivity contribution is 5.77. The van der Waals surface area contributed by atoms with Gasteiger partial charge in [-0.3, -0.25) is 9.59 Å². The number of hydrogen-bond donors (Lipinski definition) is 2. The summed E-state index contributed by atoms with van der Waals surface area (Å²) in [5, 5.41) is 5.77. The molecule has 0 heterocycles. The molecule has 0 atom stereocenters. The summed E-state index contributed by atoms with van der Waals surface area (Å²) in [4.78, 5) is 23.9. The summed E-state index contributed by atoms with van der Waals surface area (Å²) >= 11 is 0. The van der Waals surface area contributed by atoms with E-state index < -0.39 is 0 Å². The topological polar surface area (TPSA) is 76.7 Å². The van der Waals surface area contributed by atoms with Gasteiger partial charge in [0.05, 0.1) is 0 Å². The molecule has 2 aromatic rings. The van der Waals surface area contributed by atoms with Gasteiger partial charge in [-0.1, -0.05) is 37.1 Å².